The van der Waals surface area contributed by atoms with Crippen LogP contribution in [-0.2, 0) is 6.54 Å². The van der Waals surface area contributed by atoms with Crippen molar-refractivity contribution in [2.45, 2.75) is 50.6 Å². The van der Waals surface area contributed by atoms with Crippen LogP contribution in [0.2, 0.25) is 0 Å². The highest BCUT2D eigenvalue weighted by Crippen LogP contribution is 2.55. The maximum Gasteiger partial charge on any atom is 0.126 e. The normalized spacial score (nSPS) is 38.4. The number of hydrogen-bond acceptors (Lipinski definition) is 1. The first-order chi connectivity index (χ1) is 9.60. The van der Waals surface area contributed by atoms with Gasteiger partial charge in [0.05, 0.1) is 0 Å². The van der Waals surface area contributed by atoms with E-state index in [0.717, 1.165) is 29.4 Å². The molecule has 4 saturated carbocycles. The SMILES string of the molecule is Fc1cc(F)cc(CNC23CC4CC(CC(C4)C2)C3)c1. The molecule has 0 aliphatic heterocycles. The van der Waals surface area contributed by atoms with Gasteiger partial charge in [0.15, 0.2) is 0 Å². The summed E-state index contributed by atoms with van der Waals surface area (Å²) in [5.41, 5.74) is 0.968. The van der Waals surface area contributed by atoms with E-state index in [9.17, 15) is 8.78 Å². The van der Waals surface area contributed by atoms with Crippen LogP contribution in [0.1, 0.15) is 44.1 Å². The lowest BCUT2D eigenvalue weighted by atomic mass is 9.53. The summed E-state index contributed by atoms with van der Waals surface area (Å²) >= 11 is 0. The van der Waals surface area contributed by atoms with E-state index in [0.29, 0.717) is 6.54 Å². The maximum atomic E-state index is 13.2. The smallest absolute Gasteiger partial charge is 0.126 e. The van der Waals surface area contributed by atoms with Gasteiger partial charge in [-0.3, -0.25) is 0 Å². The van der Waals surface area contributed by atoms with E-state index in [2.05, 4.69) is 5.32 Å². The van der Waals surface area contributed by atoms with Gasteiger partial charge in [-0.1, -0.05) is 0 Å². The topological polar surface area (TPSA) is 12.0 Å². The summed E-state index contributed by atoms with van der Waals surface area (Å²) in [6.45, 7) is 0.584. The molecule has 4 fully saturated rings. The van der Waals surface area contributed by atoms with Crippen LogP contribution in [0.4, 0.5) is 8.78 Å². The van der Waals surface area contributed by atoms with Gasteiger partial charge in [-0.2, -0.15) is 0 Å². The molecule has 0 unspecified atom stereocenters. The van der Waals surface area contributed by atoms with Gasteiger partial charge in [0, 0.05) is 18.2 Å². The van der Waals surface area contributed by atoms with Gasteiger partial charge in [-0.15, -0.1) is 0 Å². The Balaban J connectivity index is 1.49. The second-order valence-electron chi connectivity index (χ2n) is 7.33. The Kier molecular flexibility index (Phi) is 2.88. The molecule has 0 radical (unpaired) electrons. The Labute approximate surface area is 118 Å². The Bertz CT molecular complexity index is 470. The van der Waals surface area contributed by atoms with Crippen molar-refractivity contribution in [2.24, 2.45) is 17.8 Å². The van der Waals surface area contributed by atoms with Crippen LogP contribution in [0.3, 0.4) is 0 Å². The van der Waals surface area contributed by atoms with Gasteiger partial charge < -0.3 is 5.32 Å². The fraction of sp³-hybridized carbons (Fsp3) is 0.647. The van der Waals surface area contributed by atoms with Crippen molar-refractivity contribution >= 4 is 0 Å². The summed E-state index contributed by atoms with van der Waals surface area (Å²) in [6.07, 6.45) is 8.02. The summed E-state index contributed by atoms with van der Waals surface area (Å²) in [7, 11) is 0. The van der Waals surface area contributed by atoms with Crippen molar-refractivity contribution in [3.05, 3.63) is 35.4 Å². The molecule has 0 amide bonds. The zero-order valence-electron chi connectivity index (χ0n) is 11.7. The third kappa shape index (κ3) is 2.26. The van der Waals surface area contributed by atoms with E-state index < -0.39 is 11.6 Å². The first-order valence-corrected chi connectivity index (χ1v) is 7.80. The highest BCUT2D eigenvalue weighted by Gasteiger charge is 2.50. The summed E-state index contributed by atoms with van der Waals surface area (Å²) < 4.78 is 26.5. The number of nitrogens with one attached hydrogen (secondary N) is 1. The van der Waals surface area contributed by atoms with Crippen molar-refractivity contribution < 1.29 is 8.78 Å². The van der Waals surface area contributed by atoms with Crippen molar-refractivity contribution in [3.63, 3.8) is 0 Å². The van der Waals surface area contributed by atoms with E-state index in [1.807, 2.05) is 0 Å². The van der Waals surface area contributed by atoms with E-state index in [-0.39, 0.29) is 5.54 Å². The predicted molar refractivity (Wildman–Crippen MR) is 74.1 cm³/mol. The fourth-order valence-electron chi connectivity index (χ4n) is 5.33. The van der Waals surface area contributed by atoms with E-state index in [1.165, 1.54) is 50.7 Å². The van der Waals surface area contributed by atoms with Crippen LogP contribution in [0.15, 0.2) is 18.2 Å². The standard InChI is InChI=1S/C17H21F2N/c18-15-4-14(5-16(19)6-15)10-20-17-7-11-1-12(8-17)3-13(2-11)9-17/h4-6,11-13,20H,1-3,7-10H2. The summed E-state index contributed by atoms with van der Waals surface area (Å²) in [4.78, 5) is 0. The molecule has 20 heavy (non-hydrogen) atoms. The summed E-state index contributed by atoms with van der Waals surface area (Å²) in [5, 5.41) is 3.66. The molecule has 1 N–H and O–H groups in total. The summed E-state index contributed by atoms with van der Waals surface area (Å²) in [5.74, 6) is 1.70. The number of halogens is 2. The number of rotatable bonds is 3. The molecule has 0 spiro atoms. The van der Waals surface area contributed by atoms with Crippen LogP contribution in [0, 0.1) is 29.4 Å². The average Bonchev–Trinajstić information content (AvgIpc) is 2.34. The van der Waals surface area contributed by atoms with Crippen LogP contribution >= 0.6 is 0 Å². The Morgan fingerprint density at radius 3 is 1.90 bits per heavy atom. The van der Waals surface area contributed by atoms with Gasteiger partial charge in [0.25, 0.3) is 0 Å². The molecule has 4 aliphatic rings. The summed E-state index contributed by atoms with van der Waals surface area (Å²) in [6, 6.07) is 3.82. The predicted octanol–water partition coefficient (Wildman–Crippen LogP) is 4.02. The Morgan fingerprint density at radius 2 is 1.40 bits per heavy atom. The molecule has 0 heterocycles. The zero-order chi connectivity index (χ0) is 13.7. The molecule has 4 bridgehead atoms. The minimum Gasteiger partial charge on any atom is -0.307 e. The molecule has 1 nitrogen and oxygen atoms in total. The van der Waals surface area contributed by atoms with Crippen molar-refractivity contribution in [2.75, 3.05) is 0 Å². The van der Waals surface area contributed by atoms with Crippen molar-refractivity contribution in [1.29, 1.82) is 0 Å². The third-order valence-electron chi connectivity index (χ3n) is 5.63. The van der Waals surface area contributed by atoms with E-state index >= 15 is 0 Å². The van der Waals surface area contributed by atoms with Gasteiger partial charge in [0.2, 0.25) is 0 Å². The lowest BCUT2D eigenvalue weighted by molar-refractivity contribution is -0.0206. The number of benzene rings is 1. The lowest BCUT2D eigenvalue weighted by Gasteiger charge is -2.57. The highest BCUT2D eigenvalue weighted by atomic mass is 19.1. The fourth-order valence-corrected chi connectivity index (χ4v) is 5.33. The molecule has 108 valence electrons. The first-order valence-electron chi connectivity index (χ1n) is 7.80. The van der Waals surface area contributed by atoms with Gasteiger partial charge in [-0.25, -0.2) is 8.78 Å². The van der Waals surface area contributed by atoms with Crippen LogP contribution in [0.5, 0.6) is 0 Å². The molecule has 1 aromatic carbocycles. The maximum absolute atomic E-state index is 13.2. The molecule has 0 saturated heterocycles. The minimum atomic E-state index is -0.479. The third-order valence-corrected chi connectivity index (χ3v) is 5.63. The van der Waals surface area contributed by atoms with Crippen LogP contribution in [-0.4, -0.2) is 5.54 Å². The monoisotopic (exact) mass is 277 g/mol. The lowest BCUT2D eigenvalue weighted by Crippen LogP contribution is -2.58. The van der Waals surface area contributed by atoms with Crippen molar-refractivity contribution in [3.8, 4) is 0 Å². The van der Waals surface area contributed by atoms with Gasteiger partial charge >= 0.3 is 0 Å². The Hall–Kier alpha value is -0.960. The minimum absolute atomic E-state index is 0.248. The Morgan fingerprint density at radius 1 is 0.900 bits per heavy atom. The van der Waals surface area contributed by atoms with Gasteiger partial charge in [-0.05, 0) is 74.0 Å². The quantitative estimate of drug-likeness (QED) is 0.879. The first kappa shape index (κ1) is 12.8. The number of hydrogen-bond donors (Lipinski definition) is 1. The molecule has 3 heteroatoms. The molecule has 0 aromatic heterocycles. The molecule has 0 atom stereocenters. The van der Waals surface area contributed by atoms with Crippen molar-refractivity contribution in [1.82, 2.24) is 5.32 Å². The average molecular weight is 277 g/mol. The van der Waals surface area contributed by atoms with E-state index in [4.69, 9.17) is 0 Å². The second-order valence-corrected chi connectivity index (χ2v) is 7.33. The zero-order valence-corrected chi connectivity index (χ0v) is 11.7. The molecular formula is C17H21F2N. The molecule has 5 rings (SSSR count). The van der Waals surface area contributed by atoms with Crippen LogP contribution < -0.4 is 5.32 Å². The molecular weight excluding hydrogens is 256 g/mol. The molecule has 1 aromatic rings. The largest absolute Gasteiger partial charge is 0.307 e. The highest BCUT2D eigenvalue weighted by molar-refractivity contribution is 5.18. The van der Waals surface area contributed by atoms with Crippen LogP contribution in [0.25, 0.3) is 0 Å². The second kappa shape index (κ2) is 4.52. The van der Waals surface area contributed by atoms with Gasteiger partial charge in [0.1, 0.15) is 11.6 Å². The molecule has 4 aliphatic carbocycles. The van der Waals surface area contributed by atoms with E-state index in [1.54, 1.807) is 0 Å².